The minimum atomic E-state index is -0.176. The lowest BCUT2D eigenvalue weighted by molar-refractivity contribution is -0.116. The van der Waals surface area contributed by atoms with Crippen LogP contribution < -0.4 is 5.32 Å². The first-order chi connectivity index (χ1) is 10.5. The lowest BCUT2D eigenvalue weighted by Gasteiger charge is -2.15. The van der Waals surface area contributed by atoms with Gasteiger partial charge < -0.3 is 10.2 Å². The SMILES string of the molecule is Cc1ccc(NC(=O)CN2Cc3ccccc3C2=O)cc1C. The van der Waals surface area contributed by atoms with Gasteiger partial charge in [-0.05, 0) is 48.7 Å². The number of hydrogen-bond acceptors (Lipinski definition) is 2. The highest BCUT2D eigenvalue weighted by Crippen LogP contribution is 2.22. The minimum Gasteiger partial charge on any atom is -0.325 e. The summed E-state index contributed by atoms with van der Waals surface area (Å²) in [6.45, 7) is 4.60. The number of aryl methyl sites for hydroxylation is 2. The third-order valence-electron chi connectivity index (χ3n) is 4.02. The average molecular weight is 294 g/mol. The summed E-state index contributed by atoms with van der Waals surface area (Å²) >= 11 is 0. The molecular formula is C18H18N2O2. The molecule has 0 atom stereocenters. The van der Waals surface area contributed by atoms with E-state index in [4.69, 9.17) is 0 Å². The van der Waals surface area contributed by atoms with Crippen molar-refractivity contribution in [3.8, 4) is 0 Å². The lowest BCUT2D eigenvalue weighted by atomic mass is 10.1. The van der Waals surface area contributed by atoms with E-state index in [9.17, 15) is 9.59 Å². The molecule has 4 nitrogen and oxygen atoms in total. The molecule has 2 aromatic rings. The zero-order valence-electron chi connectivity index (χ0n) is 12.7. The van der Waals surface area contributed by atoms with E-state index in [-0.39, 0.29) is 18.4 Å². The number of nitrogens with zero attached hydrogens (tertiary/aromatic N) is 1. The Morgan fingerprint density at radius 3 is 2.64 bits per heavy atom. The Labute approximate surface area is 129 Å². The predicted molar refractivity (Wildman–Crippen MR) is 85.7 cm³/mol. The number of benzene rings is 2. The van der Waals surface area contributed by atoms with E-state index in [1.807, 2.05) is 50.2 Å². The first-order valence-corrected chi connectivity index (χ1v) is 7.29. The van der Waals surface area contributed by atoms with Gasteiger partial charge in [0.25, 0.3) is 5.91 Å². The van der Waals surface area contributed by atoms with Crippen molar-refractivity contribution in [2.45, 2.75) is 20.4 Å². The summed E-state index contributed by atoms with van der Waals surface area (Å²) in [6.07, 6.45) is 0. The molecule has 0 saturated heterocycles. The number of fused-ring (bicyclic) bond motifs is 1. The van der Waals surface area contributed by atoms with Crippen LogP contribution in [0.4, 0.5) is 5.69 Å². The number of carbonyl (C=O) groups excluding carboxylic acids is 2. The predicted octanol–water partition coefficient (Wildman–Crippen LogP) is 2.90. The Kier molecular flexibility index (Phi) is 3.67. The first-order valence-electron chi connectivity index (χ1n) is 7.29. The molecule has 1 heterocycles. The average Bonchev–Trinajstić information content (AvgIpc) is 2.80. The van der Waals surface area contributed by atoms with Gasteiger partial charge in [-0.25, -0.2) is 0 Å². The van der Waals surface area contributed by atoms with Crippen LogP contribution in [0.5, 0.6) is 0 Å². The highest BCUT2D eigenvalue weighted by Gasteiger charge is 2.28. The Morgan fingerprint density at radius 1 is 1.14 bits per heavy atom. The van der Waals surface area contributed by atoms with Gasteiger partial charge in [0.15, 0.2) is 0 Å². The molecule has 22 heavy (non-hydrogen) atoms. The Bertz CT molecular complexity index is 753. The van der Waals surface area contributed by atoms with E-state index in [1.54, 1.807) is 11.0 Å². The Morgan fingerprint density at radius 2 is 1.91 bits per heavy atom. The van der Waals surface area contributed by atoms with Crippen LogP contribution in [-0.2, 0) is 11.3 Å². The van der Waals surface area contributed by atoms with Crippen LogP contribution in [0.25, 0.3) is 0 Å². The zero-order chi connectivity index (χ0) is 15.7. The smallest absolute Gasteiger partial charge is 0.254 e. The summed E-state index contributed by atoms with van der Waals surface area (Å²) < 4.78 is 0. The standard InChI is InChI=1S/C18H18N2O2/c1-12-7-8-15(9-13(12)2)19-17(21)11-20-10-14-5-3-4-6-16(14)18(20)22/h3-9H,10-11H2,1-2H3,(H,19,21). The minimum absolute atomic E-state index is 0.0699. The van der Waals surface area contributed by atoms with Crippen LogP contribution in [0.1, 0.15) is 27.0 Å². The van der Waals surface area contributed by atoms with Crippen LogP contribution in [0.3, 0.4) is 0 Å². The van der Waals surface area contributed by atoms with Crippen molar-refractivity contribution < 1.29 is 9.59 Å². The number of carbonyl (C=O) groups is 2. The molecule has 1 aliphatic rings. The van der Waals surface area contributed by atoms with E-state index >= 15 is 0 Å². The van der Waals surface area contributed by atoms with Gasteiger partial charge >= 0.3 is 0 Å². The molecule has 2 aromatic carbocycles. The van der Waals surface area contributed by atoms with E-state index in [0.717, 1.165) is 16.8 Å². The number of rotatable bonds is 3. The monoisotopic (exact) mass is 294 g/mol. The molecular weight excluding hydrogens is 276 g/mol. The number of amides is 2. The van der Waals surface area contributed by atoms with E-state index in [2.05, 4.69) is 5.32 Å². The van der Waals surface area contributed by atoms with Gasteiger partial charge in [-0.15, -0.1) is 0 Å². The van der Waals surface area contributed by atoms with Crippen molar-refractivity contribution in [2.75, 3.05) is 11.9 Å². The van der Waals surface area contributed by atoms with Gasteiger partial charge in [0.2, 0.25) is 5.91 Å². The van der Waals surface area contributed by atoms with Crippen molar-refractivity contribution in [1.82, 2.24) is 4.90 Å². The van der Waals surface area contributed by atoms with E-state index < -0.39 is 0 Å². The topological polar surface area (TPSA) is 49.4 Å². The van der Waals surface area contributed by atoms with Crippen molar-refractivity contribution in [2.24, 2.45) is 0 Å². The second-order valence-electron chi connectivity index (χ2n) is 5.67. The van der Waals surface area contributed by atoms with E-state index in [0.29, 0.717) is 12.1 Å². The normalized spacial score (nSPS) is 13.2. The molecule has 2 amide bonds. The summed E-state index contributed by atoms with van der Waals surface area (Å²) in [5.41, 5.74) is 4.75. The second kappa shape index (κ2) is 5.64. The highest BCUT2D eigenvalue weighted by atomic mass is 16.2. The number of nitrogens with one attached hydrogen (secondary N) is 1. The summed E-state index contributed by atoms with van der Waals surface area (Å²) in [6, 6.07) is 13.3. The summed E-state index contributed by atoms with van der Waals surface area (Å²) in [7, 11) is 0. The van der Waals surface area contributed by atoms with E-state index in [1.165, 1.54) is 5.56 Å². The second-order valence-corrected chi connectivity index (χ2v) is 5.67. The molecule has 0 unspecified atom stereocenters. The summed E-state index contributed by atoms with van der Waals surface area (Å²) in [5.74, 6) is -0.254. The molecule has 3 rings (SSSR count). The van der Waals surface area contributed by atoms with Crippen molar-refractivity contribution in [1.29, 1.82) is 0 Å². The highest BCUT2D eigenvalue weighted by molar-refractivity contribution is 6.02. The number of hydrogen-bond donors (Lipinski definition) is 1. The van der Waals surface area contributed by atoms with Gasteiger partial charge in [-0.2, -0.15) is 0 Å². The maximum absolute atomic E-state index is 12.2. The zero-order valence-corrected chi connectivity index (χ0v) is 12.7. The molecule has 0 bridgehead atoms. The lowest BCUT2D eigenvalue weighted by Crippen LogP contribution is -2.33. The molecule has 1 N–H and O–H groups in total. The largest absolute Gasteiger partial charge is 0.325 e. The molecule has 0 spiro atoms. The fraction of sp³-hybridized carbons (Fsp3) is 0.222. The summed E-state index contributed by atoms with van der Waals surface area (Å²) in [5, 5.41) is 2.85. The molecule has 1 aliphatic heterocycles. The van der Waals surface area contributed by atoms with Crippen molar-refractivity contribution >= 4 is 17.5 Å². The molecule has 0 radical (unpaired) electrons. The van der Waals surface area contributed by atoms with Crippen LogP contribution in [0.15, 0.2) is 42.5 Å². The molecule has 4 heteroatoms. The van der Waals surface area contributed by atoms with Gasteiger partial charge in [0.05, 0.1) is 0 Å². The number of anilines is 1. The maximum Gasteiger partial charge on any atom is 0.254 e. The maximum atomic E-state index is 12.2. The molecule has 0 aliphatic carbocycles. The van der Waals surface area contributed by atoms with Crippen molar-refractivity contribution in [3.63, 3.8) is 0 Å². The van der Waals surface area contributed by atoms with Gasteiger partial charge in [-0.1, -0.05) is 24.3 Å². The third-order valence-corrected chi connectivity index (χ3v) is 4.02. The van der Waals surface area contributed by atoms with Gasteiger partial charge in [-0.3, -0.25) is 9.59 Å². The summed E-state index contributed by atoms with van der Waals surface area (Å²) in [4.78, 5) is 26.0. The third kappa shape index (κ3) is 2.72. The van der Waals surface area contributed by atoms with Crippen LogP contribution >= 0.6 is 0 Å². The molecule has 112 valence electrons. The molecule has 0 saturated carbocycles. The Hall–Kier alpha value is -2.62. The molecule has 0 fully saturated rings. The Balaban J connectivity index is 1.66. The fourth-order valence-corrected chi connectivity index (χ4v) is 2.64. The van der Waals surface area contributed by atoms with Crippen LogP contribution in [-0.4, -0.2) is 23.3 Å². The first kappa shape index (κ1) is 14.3. The quantitative estimate of drug-likeness (QED) is 0.946. The van der Waals surface area contributed by atoms with Crippen LogP contribution in [0.2, 0.25) is 0 Å². The fourth-order valence-electron chi connectivity index (χ4n) is 2.64. The van der Waals surface area contributed by atoms with Gasteiger partial charge in [0, 0.05) is 17.8 Å². The molecule has 0 aromatic heterocycles. The van der Waals surface area contributed by atoms with Gasteiger partial charge in [0.1, 0.15) is 6.54 Å². The van der Waals surface area contributed by atoms with Crippen LogP contribution in [0, 0.1) is 13.8 Å². The van der Waals surface area contributed by atoms with Crippen molar-refractivity contribution in [3.05, 3.63) is 64.7 Å².